The highest BCUT2D eigenvalue weighted by atomic mass is 16.2. The highest BCUT2D eigenvalue weighted by Crippen LogP contribution is 2.19. The summed E-state index contributed by atoms with van der Waals surface area (Å²) in [5.41, 5.74) is 4.65. The van der Waals surface area contributed by atoms with E-state index in [0.717, 1.165) is 0 Å². The minimum Gasteiger partial charge on any atom is -0.363 e. The number of anilines is 2. The van der Waals surface area contributed by atoms with Crippen molar-refractivity contribution >= 4 is 29.6 Å². The summed E-state index contributed by atoms with van der Waals surface area (Å²) in [6.07, 6.45) is 1.58. The maximum atomic E-state index is 11.5. The molecule has 2 rings (SSSR count). The predicted octanol–water partition coefficient (Wildman–Crippen LogP) is -0.639. The summed E-state index contributed by atoms with van der Waals surface area (Å²) in [7, 11) is 0. The molecular formula is C8H10N6O2. The zero-order chi connectivity index (χ0) is 11.5. The molecule has 0 saturated carbocycles. The fourth-order valence-corrected chi connectivity index (χ4v) is 1.20. The quantitative estimate of drug-likeness (QED) is 0.497. The molecule has 84 valence electrons. The fraction of sp³-hybridized carbons (Fsp3) is 0.250. The maximum Gasteiger partial charge on any atom is 0.280 e. The molecule has 0 fully saturated rings. The Bertz CT molecular complexity index is 506. The lowest BCUT2D eigenvalue weighted by Gasteiger charge is -2.12. The summed E-state index contributed by atoms with van der Waals surface area (Å²) >= 11 is 0. The van der Waals surface area contributed by atoms with E-state index in [9.17, 15) is 9.59 Å². The Morgan fingerprint density at radius 1 is 1.56 bits per heavy atom. The van der Waals surface area contributed by atoms with Crippen LogP contribution in [-0.4, -0.2) is 28.6 Å². The molecule has 1 aromatic heterocycles. The number of hydrogen-bond acceptors (Lipinski definition) is 6. The maximum absolute atomic E-state index is 11.5. The lowest BCUT2D eigenvalue weighted by Crippen LogP contribution is -2.29. The Hall–Kier alpha value is -2.38. The Kier molecular flexibility index (Phi) is 2.54. The number of H-pyrrole nitrogens is 1. The van der Waals surface area contributed by atoms with Crippen LogP contribution in [0, 0.1) is 0 Å². The van der Waals surface area contributed by atoms with Gasteiger partial charge in [0.15, 0.2) is 11.5 Å². The van der Waals surface area contributed by atoms with E-state index in [2.05, 4.69) is 31.1 Å². The molecule has 8 heteroatoms. The first kappa shape index (κ1) is 10.1. The van der Waals surface area contributed by atoms with Gasteiger partial charge in [0.05, 0.1) is 6.54 Å². The molecule has 8 nitrogen and oxygen atoms in total. The molecule has 0 bridgehead atoms. The Morgan fingerprint density at radius 3 is 3.12 bits per heavy atom. The van der Waals surface area contributed by atoms with E-state index < -0.39 is 0 Å². The van der Waals surface area contributed by atoms with E-state index in [1.54, 1.807) is 6.21 Å². The summed E-state index contributed by atoms with van der Waals surface area (Å²) < 4.78 is 0. The van der Waals surface area contributed by atoms with E-state index >= 15 is 0 Å². The predicted molar refractivity (Wildman–Crippen MR) is 58.9 cm³/mol. The zero-order valence-corrected chi connectivity index (χ0v) is 8.50. The zero-order valence-electron chi connectivity index (χ0n) is 8.50. The van der Waals surface area contributed by atoms with Crippen molar-refractivity contribution in [1.82, 2.24) is 15.4 Å². The van der Waals surface area contributed by atoms with Crippen LogP contribution in [-0.2, 0) is 4.79 Å². The van der Waals surface area contributed by atoms with Gasteiger partial charge in [-0.2, -0.15) is 4.98 Å². The van der Waals surface area contributed by atoms with Gasteiger partial charge in [-0.15, -0.1) is 0 Å². The molecule has 16 heavy (non-hydrogen) atoms. The number of aromatic amines is 1. The van der Waals surface area contributed by atoms with Gasteiger partial charge in [0, 0.05) is 13.1 Å². The molecule has 0 radical (unpaired) electrons. The summed E-state index contributed by atoms with van der Waals surface area (Å²) in [6.45, 7) is 1.86. The topological polar surface area (TPSA) is 111 Å². The number of carbonyl (C=O) groups is 1. The van der Waals surface area contributed by atoms with Gasteiger partial charge in [-0.05, 0) is 0 Å². The van der Waals surface area contributed by atoms with Crippen molar-refractivity contribution in [1.29, 1.82) is 0 Å². The normalized spacial score (nSPS) is 12.6. The van der Waals surface area contributed by atoms with Gasteiger partial charge in [-0.3, -0.25) is 25.4 Å². The minimum absolute atomic E-state index is 0.156. The number of aliphatic imine (C=N–C) groups is 1. The fourth-order valence-electron chi connectivity index (χ4n) is 1.20. The number of nitrogens with zero attached hydrogens (tertiary/aromatic N) is 2. The number of rotatable bonds is 2. The van der Waals surface area contributed by atoms with Crippen LogP contribution in [0.1, 0.15) is 6.92 Å². The van der Waals surface area contributed by atoms with Crippen LogP contribution in [0.25, 0.3) is 0 Å². The smallest absolute Gasteiger partial charge is 0.280 e. The van der Waals surface area contributed by atoms with E-state index in [1.165, 1.54) is 6.92 Å². The molecule has 1 aromatic rings. The van der Waals surface area contributed by atoms with Crippen molar-refractivity contribution in [3.8, 4) is 0 Å². The number of hydrogen-bond donors (Lipinski definition) is 4. The monoisotopic (exact) mass is 222 g/mol. The highest BCUT2D eigenvalue weighted by molar-refractivity contribution is 5.78. The van der Waals surface area contributed by atoms with Crippen molar-refractivity contribution < 1.29 is 4.79 Å². The van der Waals surface area contributed by atoms with Gasteiger partial charge >= 0.3 is 0 Å². The van der Waals surface area contributed by atoms with E-state index in [4.69, 9.17) is 0 Å². The molecule has 0 atom stereocenters. The van der Waals surface area contributed by atoms with Gasteiger partial charge in [-0.1, -0.05) is 0 Å². The third-order valence-corrected chi connectivity index (χ3v) is 1.83. The van der Waals surface area contributed by atoms with E-state index in [0.29, 0.717) is 12.4 Å². The van der Waals surface area contributed by atoms with E-state index in [-0.39, 0.29) is 23.1 Å². The number of hydrazine groups is 1. The molecule has 0 saturated heterocycles. The first-order chi connectivity index (χ1) is 7.66. The molecule has 1 amide bonds. The molecule has 1 aliphatic heterocycles. The van der Waals surface area contributed by atoms with Gasteiger partial charge in [0.25, 0.3) is 5.56 Å². The molecular weight excluding hydrogens is 212 g/mol. The Balaban J connectivity index is 2.29. The molecule has 0 spiro atoms. The van der Waals surface area contributed by atoms with Crippen LogP contribution in [0.2, 0.25) is 0 Å². The molecule has 0 unspecified atom stereocenters. The first-order valence-electron chi connectivity index (χ1n) is 4.60. The summed E-state index contributed by atoms with van der Waals surface area (Å²) in [4.78, 5) is 32.6. The second-order valence-corrected chi connectivity index (χ2v) is 3.11. The highest BCUT2D eigenvalue weighted by Gasteiger charge is 2.12. The standard InChI is InChI=1S/C8H10N6O2/c1-4(15)13-14-8-11-6-5(7(16)12-8)9-2-3-10-6/h2H,3H2,1H3,(H,13,15)(H3,10,11,12,14,16). The number of carbonyl (C=O) groups excluding carboxylic acids is 1. The molecule has 0 aromatic carbocycles. The van der Waals surface area contributed by atoms with E-state index in [1.807, 2.05) is 0 Å². The summed E-state index contributed by atoms with van der Waals surface area (Å²) in [5.74, 6) is 0.258. The first-order valence-corrected chi connectivity index (χ1v) is 4.60. The van der Waals surface area contributed by atoms with Crippen molar-refractivity contribution in [2.75, 3.05) is 17.3 Å². The second-order valence-electron chi connectivity index (χ2n) is 3.11. The van der Waals surface area contributed by atoms with Crippen molar-refractivity contribution in [2.45, 2.75) is 6.92 Å². The van der Waals surface area contributed by atoms with Crippen LogP contribution in [0.15, 0.2) is 9.79 Å². The molecule has 1 aliphatic rings. The second kappa shape index (κ2) is 4.01. The van der Waals surface area contributed by atoms with Gasteiger partial charge in [-0.25, -0.2) is 4.99 Å². The Morgan fingerprint density at radius 2 is 2.38 bits per heavy atom. The molecule has 0 aliphatic carbocycles. The number of aromatic nitrogens is 2. The van der Waals surface area contributed by atoms with Crippen LogP contribution >= 0.6 is 0 Å². The number of fused-ring (bicyclic) bond motifs is 1. The van der Waals surface area contributed by atoms with Crippen LogP contribution in [0.5, 0.6) is 0 Å². The van der Waals surface area contributed by atoms with Gasteiger partial charge < -0.3 is 5.32 Å². The third kappa shape index (κ3) is 2.00. The van der Waals surface area contributed by atoms with Crippen molar-refractivity contribution in [2.24, 2.45) is 4.99 Å². The van der Waals surface area contributed by atoms with Crippen molar-refractivity contribution in [3.05, 3.63) is 10.4 Å². The average Bonchev–Trinajstić information content (AvgIpc) is 2.26. The van der Waals surface area contributed by atoms with Crippen LogP contribution < -0.4 is 21.7 Å². The van der Waals surface area contributed by atoms with Crippen molar-refractivity contribution in [3.63, 3.8) is 0 Å². The number of amides is 1. The SMILES string of the molecule is CC(=O)NNc1nc2c(c(=O)[nH]1)N=CCN2. The number of nitrogens with one attached hydrogen (secondary N) is 4. The average molecular weight is 222 g/mol. The lowest BCUT2D eigenvalue weighted by molar-refractivity contribution is -0.118. The summed E-state index contributed by atoms with van der Waals surface area (Å²) in [6, 6.07) is 0. The third-order valence-electron chi connectivity index (χ3n) is 1.83. The largest absolute Gasteiger partial charge is 0.363 e. The van der Waals surface area contributed by atoms with Crippen LogP contribution in [0.4, 0.5) is 17.5 Å². The van der Waals surface area contributed by atoms with Gasteiger partial charge in [0.2, 0.25) is 11.9 Å². The lowest BCUT2D eigenvalue weighted by atomic mass is 10.4. The molecule has 2 heterocycles. The summed E-state index contributed by atoms with van der Waals surface area (Å²) in [5, 5.41) is 2.90. The Labute approximate surface area is 90.2 Å². The minimum atomic E-state index is -0.374. The van der Waals surface area contributed by atoms with Crippen LogP contribution in [0.3, 0.4) is 0 Å². The van der Waals surface area contributed by atoms with Gasteiger partial charge in [0.1, 0.15) is 0 Å². The molecule has 4 N–H and O–H groups in total.